The van der Waals surface area contributed by atoms with Gasteiger partial charge in [-0.25, -0.2) is 14.6 Å². The van der Waals surface area contributed by atoms with E-state index in [9.17, 15) is 0 Å². The van der Waals surface area contributed by atoms with Crippen molar-refractivity contribution < 1.29 is 4.42 Å². The number of nitrogens with zero attached hydrogens (tertiary/aromatic N) is 5. The summed E-state index contributed by atoms with van der Waals surface area (Å²) >= 11 is 1.51. The van der Waals surface area contributed by atoms with E-state index in [1.807, 2.05) is 23.6 Å². The summed E-state index contributed by atoms with van der Waals surface area (Å²) < 4.78 is 6.86. The molecule has 3 aromatic heterocycles. The summed E-state index contributed by atoms with van der Waals surface area (Å²) in [6.45, 7) is 0.492. The summed E-state index contributed by atoms with van der Waals surface area (Å²) in [6, 6.07) is 5.58. The second kappa shape index (κ2) is 4.43. The Balaban J connectivity index is 1.80. The first-order valence-corrected chi connectivity index (χ1v) is 6.01. The summed E-state index contributed by atoms with van der Waals surface area (Å²) in [4.78, 5) is 8.27. The number of nitriles is 1. The number of thiazole rings is 1. The van der Waals surface area contributed by atoms with Crippen LogP contribution in [0.1, 0.15) is 11.5 Å². The van der Waals surface area contributed by atoms with Crippen LogP contribution >= 0.6 is 11.3 Å². The molecule has 0 aliphatic rings. The summed E-state index contributed by atoms with van der Waals surface area (Å²) in [5, 5.41) is 15.4. The van der Waals surface area contributed by atoms with Crippen LogP contribution in [0.5, 0.6) is 0 Å². The molecule has 0 saturated carbocycles. The maximum Gasteiger partial charge on any atom is 0.252 e. The quantitative estimate of drug-likeness (QED) is 0.716. The molecule has 3 aromatic rings. The molecule has 0 saturated heterocycles. The Bertz CT molecular complexity index is 691. The van der Waals surface area contributed by atoms with Crippen molar-refractivity contribution in [3.05, 3.63) is 41.6 Å². The van der Waals surface area contributed by atoms with Crippen molar-refractivity contribution in [2.24, 2.45) is 0 Å². The Morgan fingerprint density at radius 1 is 1.50 bits per heavy atom. The Morgan fingerprint density at radius 3 is 3.17 bits per heavy atom. The SMILES string of the molecule is N#Cc1ncn(Cc2csc(-c3ccco3)n2)n1. The highest BCUT2D eigenvalue weighted by Crippen LogP contribution is 2.24. The van der Waals surface area contributed by atoms with Crippen LogP contribution in [0.2, 0.25) is 0 Å². The fourth-order valence-electron chi connectivity index (χ4n) is 1.48. The van der Waals surface area contributed by atoms with Crippen molar-refractivity contribution in [2.45, 2.75) is 6.54 Å². The van der Waals surface area contributed by atoms with Crippen LogP contribution in [0, 0.1) is 11.3 Å². The van der Waals surface area contributed by atoms with Gasteiger partial charge < -0.3 is 4.42 Å². The third kappa shape index (κ3) is 2.01. The van der Waals surface area contributed by atoms with Crippen LogP contribution < -0.4 is 0 Å². The lowest BCUT2D eigenvalue weighted by Gasteiger charge is -1.94. The molecule has 3 rings (SSSR count). The van der Waals surface area contributed by atoms with Gasteiger partial charge in [-0.3, -0.25) is 0 Å². The van der Waals surface area contributed by atoms with E-state index in [1.54, 1.807) is 10.9 Å². The molecule has 0 radical (unpaired) electrons. The second-order valence-corrected chi connectivity index (χ2v) is 4.36. The highest BCUT2D eigenvalue weighted by Gasteiger charge is 2.08. The molecule has 0 N–H and O–H groups in total. The van der Waals surface area contributed by atoms with Gasteiger partial charge in [0.15, 0.2) is 10.8 Å². The van der Waals surface area contributed by atoms with Gasteiger partial charge in [0, 0.05) is 5.38 Å². The van der Waals surface area contributed by atoms with Crippen LogP contribution in [0.3, 0.4) is 0 Å². The molecule has 88 valence electrons. The zero-order valence-electron chi connectivity index (χ0n) is 9.15. The summed E-state index contributed by atoms with van der Waals surface area (Å²) in [5.41, 5.74) is 0.862. The number of aromatic nitrogens is 4. The lowest BCUT2D eigenvalue weighted by atomic mass is 10.4. The van der Waals surface area contributed by atoms with E-state index in [2.05, 4.69) is 15.1 Å². The smallest absolute Gasteiger partial charge is 0.252 e. The van der Waals surface area contributed by atoms with Crippen molar-refractivity contribution in [3.8, 4) is 16.8 Å². The van der Waals surface area contributed by atoms with Gasteiger partial charge in [-0.1, -0.05) is 0 Å². The molecule has 0 spiro atoms. The Kier molecular flexibility index (Phi) is 2.63. The highest BCUT2D eigenvalue weighted by atomic mass is 32.1. The maximum absolute atomic E-state index is 8.63. The van der Waals surface area contributed by atoms with Crippen LogP contribution in [0.25, 0.3) is 10.8 Å². The molecule has 0 aliphatic carbocycles. The Hall–Kier alpha value is -2.46. The van der Waals surface area contributed by atoms with Crippen LogP contribution in [-0.4, -0.2) is 19.7 Å². The molecule has 0 atom stereocenters. The normalized spacial score (nSPS) is 10.4. The lowest BCUT2D eigenvalue weighted by molar-refractivity contribution is 0.581. The van der Waals surface area contributed by atoms with E-state index < -0.39 is 0 Å². The van der Waals surface area contributed by atoms with E-state index >= 15 is 0 Å². The summed E-state index contributed by atoms with van der Waals surface area (Å²) in [6.07, 6.45) is 3.14. The van der Waals surface area contributed by atoms with Crippen molar-refractivity contribution in [1.29, 1.82) is 5.26 Å². The fraction of sp³-hybridized carbons (Fsp3) is 0.0909. The third-order valence-electron chi connectivity index (χ3n) is 2.24. The van der Waals surface area contributed by atoms with E-state index in [1.165, 1.54) is 17.7 Å². The average Bonchev–Trinajstić information content (AvgIpc) is 3.10. The third-order valence-corrected chi connectivity index (χ3v) is 3.15. The van der Waals surface area contributed by atoms with Crippen molar-refractivity contribution in [2.75, 3.05) is 0 Å². The molecule has 0 amide bonds. The Labute approximate surface area is 106 Å². The standard InChI is InChI=1S/C11H7N5OS/c12-4-10-13-7-16(15-10)5-8-6-18-11(14-8)9-2-1-3-17-9/h1-3,6-7H,5H2. The van der Waals surface area contributed by atoms with Gasteiger partial charge >= 0.3 is 0 Å². The van der Waals surface area contributed by atoms with Crippen LogP contribution in [-0.2, 0) is 6.54 Å². The maximum atomic E-state index is 8.63. The number of hydrogen-bond donors (Lipinski definition) is 0. The van der Waals surface area contributed by atoms with Gasteiger partial charge in [-0.05, 0) is 12.1 Å². The minimum Gasteiger partial charge on any atom is -0.462 e. The number of rotatable bonds is 3. The van der Waals surface area contributed by atoms with Gasteiger partial charge in [0.2, 0.25) is 0 Å². The summed E-state index contributed by atoms with van der Waals surface area (Å²) in [5.74, 6) is 0.916. The minimum absolute atomic E-state index is 0.163. The predicted molar refractivity (Wildman–Crippen MR) is 63.7 cm³/mol. The highest BCUT2D eigenvalue weighted by molar-refractivity contribution is 7.13. The van der Waals surface area contributed by atoms with E-state index in [0.29, 0.717) is 6.54 Å². The van der Waals surface area contributed by atoms with Crippen molar-refractivity contribution in [3.63, 3.8) is 0 Å². The molecule has 0 unspecified atom stereocenters. The van der Waals surface area contributed by atoms with Crippen LogP contribution in [0.4, 0.5) is 0 Å². The molecular weight excluding hydrogens is 250 g/mol. The summed E-state index contributed by atoms with van der Waals surface area (Å²) in [7, 11) is 0. The molecular formula is C11H7N5OS. The first-order valence-electron chi connectivity index (χ1n) is 5.13. The Morgan fingerprint density at radius 2 is 2.44 bits per heavy atom. The topological polar surface area (TPSA) is 80.5 Å². The van der Waals surface area contributed by atoms with Crippen LogP contribution in [0.15, 0.2) is 34.5 Å². The minimum atomic E-state index is 0.163. The second-order valence-electron chi connectivity index (χ2n) is 3.50. The number of furan rings is 1. The first kappa shape index (κ1) is 10.7. The molecule has 18 heavy (non-hydrogen) atoms. The van der Waals surface area contributed by atoms with Gasteiger partial charge in [0.25, 0.3) is 5.82 Å². The largest absolute Gasteiger partial charge is 0.462 e. The zero-order chi connectivity index (χ0) is 12.4. The molecule has 7 heteroatoms. The predicted octanol–water partition coefficient (Wildman–Crippen LogP) is 1.91. The molecule has 6 nitrogen and oxygen atoms in total. The molecule has 3 heterocycles. The van der Waals surface area contributed by atoms with E-state index in [0.717, 1.165) is 16.5 Å². The average molecular weight is 257 g/mol. The lowest BCUT2D eigenvalue weighted by Crippen LogP contribution is -2.00. The molecule has 0 fully saturated rings. The molecule has 0 aliphatic heterocycles. The van der Waals surface area contributed by atoms with E-state index in [4.69, 9.17) is 9.68 Å². The molecule has 0 bridgehead atoms. The van der Waals surface area contributed by atoms with Gasteiger partial charge in [-0.15, -0.1) is 16.4 Å². The fourth-order valence-corrected chi connectivity index (χ4v) is 2.26. The van der Waals surface area contributed by atoms with Gasteiger partial charge in [0.1, 0.15) is 12.4 Å². The van der Waals surface area contributed by atoms with E-state index in [-0.39, 0.29) is 5.82 Å². The monoisotopic (exact) mass is 257 g/mol. The van der Waals surface area contributed by atoms with Crippen molar-refractivity contribution in [1.82, 2.24) is 19.7 Å². The van der Waals surface area contributed by atoms with Gasteiger partial charge in [-0.2, -0.15) is 5.26 Å². The zero-order valence-corrected chi connectivity index (χ0v) is 9.96. The van der Waals surface area contributed by atoms with Gasteiger partial charge in [0.05, 0.1) is 18.5 Å². The molecule has 0 aromatic carbocycles. The van der Waals surface area contributed by atoms with Crippen molar-refractivity contribution >= 4 is 11.3 Å². The number of hydrogen-bond acceptors (Lipinski definition) is 6. The first-order chi connectivity index (χ1) is 8.85.